The molecule has 0 unspecified atom stereocenters. The summed E-state index contributed by atoms with van der Waals surface area (Å²) in [7, 11) is 0. The van der Waals surface area contributed by atoms with Crippen LogP contribution in [0.25, 0.3) is 10.9 Å². The van der Waals surface area contributed by atoms with Crippen molar-refractivity contribution in [3.8, 4) is 0 Å². The molecule has 1 fully saturated rings. The lowest BCUT2D eigenvalue weighted by molar-refractivity contribution is -0.131. The molecule has 0 aliphatic carbocycles. The Morgan fingerprint density at radius 3 is 2.60 bits per heavy atom. The molecular formula is C28H28N4O2S. The van der Waals surface area contributed by atoms with Crippen molar-refractivity contribution in [3.63, 3.8) is 0 Å². The van der Waals surface area contributed by atoms with E-state index in [9.17, 15) is 9.59 Å². The molecule has 0 spiro atoms. The Morgan fingerprint density at radius 1 is 0.971 bits per heavy atom. The zero-order valence-corrected chi connectivity index (χ0v) is 20.4. The maximum atomic E-state index is 13.1. The fourth-order valence-electron chi connectivity index (χ4n) is 5.33. The van der Waals surface area contributed by atoms with Crippen LogP contribution in [-0.2, 0) is 24.2 Å². The SMILES string of the molecule is O=C(Cc1c[nH]c2ccccc12)N1CCC(c2nc(C(=O)N3CCc4ccccc4C3)cs2)CC1. The van der Waals surface area contributed by atoms with Gasteiger partial charge in [-0.1, -0.05) is 42.5 Å². The number of thiazole rings is 1. The standard InChI is InChI=1S/C28H28N4O2S/c33-26(15-22-16-29-24-8-4-3-7-23(22)24)31-12-10-20(11-13-31)27-30-25(18-35-27)28(34)32-14-9-19-5-1-2-6-21(19)17-32/h1-8,16,18,20,29H,9-15,17H2. The second-order valence-electron chi connectivity index (χ2n) is 9.51. The molecule has 7 heteroatoms. The van der Waals surface area contributed by atoms with Crippen LogP contribution in [0.3, 0.4) is 0 Å². The number of hydrogen-bond donors (Lipinski definition) is 1. The summed E-state index contributed by atoms with van der Waals surface area (Å²) in [6.07, 6.45) is 5.04. The lowest BCUT2D eigenvalue weighted by atomic mass is 9.97. The molecule has 0 bridgehead atoms. The number of fused-ring (bicyclic) bond motifs is 2. The molecule has 0 atom stereocenters. The fourth-order valence-corrected chi connectivity index (χ4v) is 6.30. The summed E-state index contributed by atoms with van der Waals surface area (Å²) < 4.78 is 0. The van der Waals surface area contributed by atoms with Gasteiger partial charge in [0.1, 0.15) is 5.69 Å². The quantitative estimate of drug-likeness (QED) is 0.454. The molecule has 2 aromatic heterocycles. The number of piperidine rings is 1. The second-order valence-corrected chi connectivity index (χ2v) is 10.4. The number of carbonyl (C=O) groups is 2. The number of likely N-dealkylation sites (tertiary alicyclic amines) is 1. The highest BCUT2D eigenvalue weighted by Crippen LogP contribution is 2.31. The molecule has 2 aliphatic rings. The van der Waals surface area contributed by atoms with Crippen molar-refractivity contribution in [2.24, 2.45) is 0 Å². The molecule has 6 nitrogen and oxygen atoms in total. The predicted molar refractivity (Wildman–Crippen MR) is 138 cm³/mol. The van der Waals surface area contributed by atoms with Crippen molar-refractivity contribution in [2.75, 3.05) is 19.6 Å². The minimum absolute atomic E-state index is 0.0216. The summed E-state index contributed by atoms with van der Waals surface area (Å²) in [5, 5.41) is 4.05. The first-order valence-corrected chi connectivity index (χ1v) is 13.2. The van der Waals surface area contributed by atoms with Crippen LogP contribution in [0.5, 0.6) is 0 Å². The van der Waals surface area contributed by atoms with Crippen LogP contribution in [0.4, 0.5) is 0 Å². The number of aromatic amines is 1. The Kier molecular flexibility index (Phi) is 5.86. The number of hydrogen-bond acceptors (Lipinski definition) is 4. The van der Waals surface area contributed by atoms with Crippen LogP contribution in [0.15, 0.2) is 60.1 Å². The van der Waals surface area contributed by atoms with Gasteiger partial charge in [-0.15, -0.1) is 11.3 Å². The molecule has 2 aromatic carbocycles. The molecule has 4 aromatic rings. The number of aromatic nitrogens is 2. The highest BCUT2D eigenvalue weighted by molar-refractivity contribution is 7.09. The molecule has 0 radical (unpaired) electrons. The molecule has 6 rings (SSSR count). The summed E-state index contributed by atoms with van der Waals surface area (Å²) in [4.78, 5) is 38.0. The molecule has 1 N–H and O–H groups in total. The van der Waals surface area contributed by atoms with E-state index in [1.54, 1.807) is 11.3 Å². The lowest BCUT2D eigenvalue weighted by Gasteiger charge is -2.31. The van der Waals surface area contributed by atoms with Gasteiger partial charge in [0.25, 0.3) is 5.91 Å². The third kappa shape index (κ3) is 4.36. The van der Waals surface area contributed by atoms with Crippen LogP contribution >= 0.6 is 11.3 Å². The second kappa shape index (κ2) is 9.30. The van der Waals surface area contributed by atoms with Gasteiger partial charge in [0.15, 0.2) is 0 Å². The van der Waals surface area contributed by atoms with E-state index >= 15 is 0 Å². The van der Waals surface area contributed by atoms with Gasteiger partial charge < -0.3 is 14.8 Å². The van der Waals surface area contributed by atoms with E-state index in [2.05, 4.69) is 29.2 Å². The van der Waals surface area contributed by atoms with Crippen LogP contribution < -0.4 is 0 Å². The smallest absolute Gasteiger partial charge is 0.273 e. The van der Waals surface area contributed by atoms with Gasteiger partial charge >= 0.3 is 0 Å². The average Bonchev–Trinajstić information content (AvgIpc) is 3.56. The predicted octanol–water partition coefficient (Wildman–Crippen LogP) is 4.77. The van der Waals surface area contributed by atoms with Gasteiger partial charge in [-0.3, -0.25) is 9.59 Å². The average molecular weight is 485 g/mol. The van der Waals surface area contributed by atoms with Crippen LogP contribution in [0, 0.1) is 0 Å². The number of H-pyrrole nitrogens is 1. The van der Waals surface area contributed by atoms with Crippen molar-refractivity contribution in [1.82, 2.24) is 19.8 Å². The highest BCUT2D eigenvalue weighted by Gasteiger charge is 2.28. The minimum atomic E-state index is 0.0216. The van der Waals surface area contributed by atoms with Crippen molar-refractivity contribution in [1.29, 1.82) is 0 Å². The summed E-state index contributed by atoms with van der Waals surface area (Å²) in [5.74, 6) is 0.503. The molecule has 35 heavy (non-hydrogen) atoms. The monoisotopic (exact) mass is 484 g/mol. The van der Waals surface area contributed by atoms with E-state index in [1.807, 2.05) is 45.6 Å². The minimum Gasteiger partial charge on any atom is -0.361 e. The van der Waals surface area contributed by atoms with Gasteiger partial charge in [-0.05, 0) is 42.0 Å². The first-order valence-electron chi connectivity index (χ1n) is 12.3. The Labute approximate surface area is 208 Å². The molecule has 0 saturated carbocycles. The summed E-state index contributed by atoms with van der Waals surface area (Å²) in [5.41, 5.74) is 5.24. The normalized spacial score (nSPS) is 16.5. The van der Waals surface area contributed by atoms with E-state index in [-0.39, 0.29) is 11.8 Å². The molecule has 178 valence electrons. The van der Waals surface area contributed by atoms with E-state index in [0.29, 0.717) is 24.6 Å². The summed E-state index contributed by atoms with van der Waals surface area (Å²) in [6, 6.07) is 16.4. The maximum Gasteiger partial charge on any atom is 0.273 e. The third-order valence-electron chi connectivity index (χ3n) is 7.37. The maximum absolute atomic E-state index is 13.1. The number of rotatable bonds is 4. The highest BCUT2D eigenvalue weighted by atomic mass is 32.1. The number of amides is 2. The number of nitrogens with zero attached hydrogens (tertiary/aromatic N) is 3. The zero-order chi connectivity index (χ0) is 23.8. The van der Waals surface area contributed by atoms with E-state index in [4.69, 9.17) is 4.98 Å². The van der Waals surface area contributed by atoms with Crippen molar-refractivity contribution < 1.29 is 9.59 Å². The van der Waals surface area contributed by atoms with Crippen LogP contribution in [0.1, 0.15) is 50.9 Å². The molecule has 2 amide bonds. The molecule has 2 aliphatic heterocycles. The zero-order valence-electron chi connectivity index (χ0n) is 19.6. The fraction of sp³-hybridized carbons (Fsp3) is 0.321. The Bertz CT molecular complexity index is 1380. The Balaban J connectivity index is 1.06. The van der Waals surface area contributed by atoms with E-state index in [1.165, 1.54) is 11.1 Å². The van der Waals surface area contributed by atoms with Crippen molar-refractivity contribution in [2.45, 2.75) is 38.1 Å². The topological polar surface area (TPSA) is 69.3 Å². The summed E-state index contributed by atoms with van der Waals surface area (Å²) >= 11 is 1.58. The third-order valence-corrected chi connectivity index (χ3v) is 8.38. The van der Waals surface area contributed by atoms with Crippen molar-refractivity contribution >= 4 is 34.1 Å². The number of para-hydroxylation sites is 1. The van der Waals surface area contributed by atoms with Crippen LogP contribution in [-0.4, -0.2) is 51.2 Å². The summed E-state index contributed by atoms with van der Waals surface area (Å²) in [6.45, 7) is 2.85. The molecular weight excluding hydrogens is 456 g/mol. The Morgan fingerprint density at radius 2 is 1.74 bits per heavy atom. The van der Waals surface area contributed by atoms with Gasteiger partial charge in [0.05, 0.1) is 11.4 Å². The van der Waals surface area contributed by atoms with Gasteiger partial charge in [0.2, 0.25) is 5.91 Å². The lowest BCUT2D eigenvalue weighted by Crippen LogP contribution is -2.38. The van der Waals surface area contributed by atoms with E-state index in [0.717, 1.165) is 60.4 Å². The number of nitrogens with one attached hydrogen (secondary N) is 1. The Hall–Kier alpha value is -3.45. The molecule has 4 heterocycles. The van der Waals surface area contributed by atoms with Gasteiger partial charge in [-0.25, -0.2) is 4.98 Å². The van der Waals surface area contributed by atoms with E-state index < -0.39 is 0 Å². The molecule has 1 saturated heterocycles. The number of benzene rings is 2. The largest absolute Gasteiger partial charge is 0.361 e. The van der Waals surface area contributed by atoms with Gasteiger partial charge in [0, 0.05) is 54.6 Å². The van der Waals surface area contributed by atoms with Crippen molar-refractivity contribution in [3.05, 3.63) is 87.5 Å². The van der Waals surface area contributed by atoms with Gasteiger partial charge in [-0.2, -0.15) is 0 Å². The first kappa shape index (κ1) is 22.0. The number of carbonyl (C=O) groups excluding carboxylic acids is 2. The van der Waals surface area contributed by atoms with Crippen LogP contribution in [0.2, 0.25) is 0 Å². The first-order chi connectivity index (χ1) is 17.2.